The van der Waals surface area contributed by atoms with Gasteiger partial charge in [-0.1, -0.05) is 11.6 Å². The normalized spacial score (nSPS) is 10.6. The molecule has 0 saturated heterocycles. The summed E-state index contributed by atoms with van der Waals surface area (Å²) in [7, 11) is 1.35. The summed E-state index contributed by atoms with van der Waals surface area (Å²) in [6, 6.07) is 1.19. The quantitative estimate of drug-likeness (QED) is 0.696. The van der Waals surface area contributed by atoms with Crippen LogP contribution in [0.1, 0.15) is 17.6 Å². The fraction of sp³-hybridized carbons (Fsp3) is 0.375. The zero-order chi connectivity index (χ0) is 10.0. The number of nitrogens with zero attached hydrogens (tertiary/aromatic N) is 1. The van der Waals surface area contributed by atoms with Crippen LogP contribution in [0.5, 0.6) is 5.88 Å². The second-order valence-corrected chi connectivity index (χ2v) is 2.83. The van der Waals surface area contributed by atoms with Gasteiger partial charge in [0.2, 0.25) is 5.88 Å². The molecule has 72 valence electrons. The van der Waals surface area contributed by atoms with Crippen molar-refractivity contribution in [1.82, 2.24) is 4.98 Å². The van der Waals surface area contributed by atoms with Gasteiger partial charge in [-0.05, 0) is 12.5 Å². The highest BCUT2D eigenvalue weighted by molar-refractivity contribution is 6.30. The van der Waals surface area contributed by atoms with Crippen molar-refractivity contribution >= 4 is 11.6 Å². The van der Waals surface area contributed by atoms with Crippen molar-refractivity contribution in [3.05, 3.63) is 22.3 Å². The molecule has 0 saturated carbocycles. The lowest BCUT2D eigenvalue weighted by atomic mass is 10.2. The van der Waals surface area contributed by atoms with E-state index in [9.17, 15) is 8.78 Å². The number of aromatic nitrogens is 1. The molecule has 0 aliphatic rings. The number of hydrogen-bond acceptors (Lipinski definition) is 2. The van der Waals surface area contributed by atoms with Gasteiger partial charge < -0.3 is 4.74 Å². The van der Waals surface area contributed by atoms with E-state index in [1.165, 1.54) is 20.1 Å². The van der Waals surface area contributed by atoms with Gasteiger partial charge in [0, 0.05) is 11.6 Å². The van der Waals surface area contributed by atoms with E-state index >= 15 is 0 Å². The van der Waals surface area contributed by atoms with E-state index in [0.717, 1.165) is 0 Å². The molecule has 1 aromatic heterocycles. The lowest BCUT2D eigenvalue weighted by molar-refractivity contribution is 0.150. The van der Waals surface area contributed by atoms with E-state index in [0.29, 0.717) is 0 Å². The van der Waals surface area contributed by atoms with Gasteiger partial charge in [0.15, 0.2) is 0 Å². The lowest BCUT2D eigenvalue weighted by Crippen LogP contribution is -1.96. The second-order valence-electron chi connectivity index (χ2n) is 2.47. The predicted octanol–water partition coefficient (Wildman–Crippen LogP) is 2.99. The molecular weight excluding hydrogens is 200 g/mol. The minimum atomic E-state index is -2.56. The molecule has 0 aliphatic heterocycles. The van der Waals surface area contributed by atoms with Crippen LogP contribution in [-0.2, 0) is 0 Å². The smallest absolute Gasteiger partial charge is 0.264 e. The maximum absolute atomic E-state index is 12.4. The van der Waals surface area contributed by atoms with Crippen LogP contribution in [-0.4, -0.2) is 12.1 Å². The summed E-state index contributed by atoms with van der Waals surface area (Å²) in [5.74, 6) is 0.103. The van der Waals surface area contributed by atoms with Crippen LogP contribution in [0.2, 0.25) is 5.15 Å². The van der Waals surface area contributed by atoms with Gasteiger partial charge in [-0.15, -0.1) is 0 Å². The molecule has 0 spiro atoms. The monoisotopic (exact) mass is 207 g/mol. The van der Waals surface area contributed by atoms with Gasteiger partial charge in [-0.3, -0.25) is 0 Å². The van der Waals surface area contributed by atoms with Crippen molar-refractivity contribution in [2.24, 2.45) is 0 Å². The minimum Gasteiger partial charge on any atom is -0.481 e. The predicted molar refractivity (Wildman–Crippen MR) is 45.5 cm³/mol. The molecule has 0 fully saturated rings. The number of methoxy groups -OCH3 is 1. The summed E-state index contributed by atoms with van der Waals surface area (Å²) in [6.07, 6.45) is -2.56. The van der Waals surface area contributed by atoms with Crippen LogP contribution in [0, 0.1) is 6.92 Å². The topological polar surface area (TPSA) is 22.1 Å². The molecule has 0 aromatic carbocycles. The summed E-state index contributed by atoms with van der Waals surface area (Å²) in [5.41, 5.74) is 0.148. The molecule has 5 heteroatoms. The van der Waals surface area contributed by atoms with Crippen LogP contribution in [0.4, 0.5) is 8.78 Å². The SMILES string of the molecule is COc1cc(C(F)F)c(C)c(Cl)n1. The van der Waals surface area contributed by atoms with Gasteiger partial charge in [-0.25, -0.2) is 13.8 Å². The Morgan fingerprint density at radius 3 is 2.62 bits per heavy atom. The van der Waals surface area contributed by atoms with Gasteiger partial charge in [0.25, 0.3) is 6.43 Å². The molecule has 0 N–H and O–H groups in total. The minimum absolute atomic E-state index is 0.0506. The van der Waals surface area contributed by atoms with Crippen molar-refractivity contribution in [1.29, 1.82) is 0 Å². The fourth-order valence-electron chi connectivity index (χ4n) is 0.904. The molecule has 13 heavy (non-hydrogen) atoms. The highest BCUT2D eigenvalue weighted by atomic mass is 35.5. The number of hydrogen-bond donors (Lipinski definition) is 0. The first-order chi connectivity index (χ1) is 6.06. The summed E-state index contributed by atoms with van der Waals surface area (Å²) in [6.45, 7) is 1.50. The molecule has 2 nitrogen and oxygen atoms in total. The first kappa shape index (κ1) is 10.2. The molecule has 1 aromatic rings. The number of ether oxygens (including phenoxy) is 1. The molecule has 0 radical (unpaired) electrons. The average Bonchev–Trinajstić information content (AvgIpc) is 2.09. The molecule has 0 unspecified atom stereocenters. The standard InChI is InChI=1S/C8H8ClF2NO/c1-4-5(8(10)11)3-6(13-2)12-7(4)9/h3,8H,1-2H3. The van der Waals surface area contributed by atoms with Crippen molar-refractivity contribution < 1.29 is 13.5 Å². The van der Waals surface area contributed by atoms with Gasteiger partial charge in [0.05, 0.1) is 7.11 Å². The van der Waals surface area contributed by atoms with Crippen LogP contribution < -0.4 is 4.74 Å². The summed E-state index contributed by atoms with van der Waals surface area (Å²) in [4.78, 5) is 3.74. The third kappa shape index (κ3) is 2.06. The molecular formula is C8H8ClF2NO. The molecule has 1 heterocycles. The first-order valence-electron chi connectivity index (χ1n) is 3.55. The highest BCUT2D eigenvalue weighted by Gasteiger charge is 2.15. The zero-order valence-electron chi connectivity index (χ0n) is 7.14. The second kappa shape index (κ2) is 3.87. The average molecular weight is 208 g/mol. The number of halogens is 3. The van der Waals surface area contributed by atoms with Crippen molar-refractivity contribution in [2.45, 2.75) is 13.3 Å². The van der Waals surface area contributed by atoms with E-state index in [4.69, 9.17) is 16.3 Å². The van der Waals surface area contributed by atoms with Gasteiger partial charge >= 0.3 is 0 Å². The summed E-state index contributed by atoms with van der Waals surface area (Å²) in [5, 5.41) is 0.0506. The third-order valence-electron chi connectivity index (χ3n) is 1.67. The first-order valence-corrected chi connectivity index (χ1v) is 3.93. The Bertz CT molecular complexity index is 317. The number of alkyl halides is 2. The third-order valence-corrected chi connectivity index (χ3v) is 2.04. The highest BCUT2D eigenvalue weighted by Crippen LogP contribution is 2.29. The van der Waals surface area contributed by atoms with E-state index in [-0.39, 0.29) is 22.2 Å². The van der Waals surface area contributed by atoms with Gasteiger partial charge in [-0.2, -0.15) is 0 Å². The Balaban J connectivity index is 3.25. The zero-order valence-corrected chi connectivity index (χ0v) is 7.90. The van der Waals surface area contributed by atoms with Crippen LogP contribution in [0.15, 0.2) is 6.07 Å². The molecule has 0 atom stereocenters. The van der Waals surface area contributed by atoms with Crippen LogP contribution in [0.3, 0.4) is 0 Å². The maximum atomic E-state index is 12.4. The maximum Gasteiger partial charge on any atom is 0.264 e. The van der Waals surface area contributed by atoms with Crippen molar-refractivity contribution in [2.75, 3.05) is 7.11 Å². The fourth-order valence-corrected chi connectivity index (χ4v) is 1.10. The Morgan fingerprint density at radius 2 is 2.15 bits per heavy atom. The Morgan fingerprint density at radius 1 is 1.54 bits per heavy atom. The van der Waals surface area contributed by atoms with Gasteiger partial charge in [0.1, 0.15) is 5.15 Å². The summed E-state index contributed by atoms with van der Waals surface area (Å²) >= 11 is 5.62. The van der Waals surface area contributed by atoms with Crippen LogP contribution >= 0.6 is 11.6 Å². The summed E-state index contributed by atoms with van der Waals surface area (Å²) < 4.78 is 29.5. The largest absolute Gasteiger partial charge is 0.481 e. The molecule has 1 rings (SSSR count). The Hall–Kier alpha value is -0.900. The lowest BCUT2D eigenvalue weighted by Gasteiger charge is -2.07. The van der Waals surface area contributed by atoms with E-state index in [1.54, 1.807) is 0 Å². The Labute approximate surface area is 79.5 Å². The van der Waals surface area contributed by atoms with Crippen molar-refractivity contribution in [3.63, 3.8) is 0 Å². The number of rotatable bonds is 2. The number of pyridine rings is 1. The van der Waals surface area contributed by atoms with Crippen LogP contribution in [0.25, 0.3) is 0 Å². The van der Waals surface area contributed by atoms with E-state index in [1.807, 2.05) is 0 Å². The van der Waals surface area contributed by atoms with E-state index in [2.05, 4.69) is 4.98 Å². The molecule has 0 aliphatic carbocycles. The molecule has 0 amide bonds. The van der Waals surface area contributed by atoms with E-state index < -0.39 is 6.43 Å². The Kier molecular flexibility index (Phi) is 3.03. The van der Waals surface area contributed by atoms with Crippen molar-refractivity contribution in [3.8, 4) is 5.88 Å². The molecule has 0 bridgehead atoms.